The van der Waals surface area contributed by atoms with Gasteiger partial charge in [-0.15, -0.1) is 0 Å². The van der Waals surface area contributed by atoms with Gasteiger partial charge in [0.15, 0.2) is 5.13 Å². The van der Waals surface area contributed by atoms with Crippen molar-refractivity contribution >= 4 is 44.1 Å². The first-order chi connectivity index (χ1) is 20.4. The Morgan fingerprint density at radius 2 is 1.90 bits per heavy atom. The summed E-state index contributed by atoms with van der Waals surface area (Å²) < 4.78 is 18.2. The lowest BCUT2D eigenvalue weighted by Crippen LogP contribution is -2.29. The highest BCUT2D eigenvalue weighted by atomic mass is 32.1. The van der Waals surface area contributed by atoms with Crippen LogP contribution in [0.1, 0.15) is 56.3 Å². The van der Waals surface area contributed by atoms with E-state index in [1.165, 1.54) is 16.2 Å². The van der Waals surface area contributed by atoms with Crippen LogP contribution in [0.5, 0.6) is 17.2 Å². The number of nitrogens with zero attached hydrogens (tertiary/aromatic N) is 2. The molecule has 0 bridgehead atoms. The molecule has 1 aromatic heterocycles. The highest BCUT2D eigenvalue weighted by Crippen LogP contribution is 2.45. The fraction of sp³-hybridized carbons (Fsp3) is 0.303. The van der Waals surface area contributed by atoms with E-state index in [1.54, 1.807) is 12.1 Å². The molecule has 0 unspecified atom stereocenters. The first-order valence-electron chi connectivity index (χ1n) is 14.2. The number of unbranched alkanes of at least 4 members (excludes halogenated alkanes) is 1. The third-order valence-corrected chi connectivity index (χ3v) is 8.44. The molecule has 2 aliphatic heterocycles. The van der Waals surface area contributed by atoms with E-state index in [4.69, 9.17) is 19.2 Å². The molecule has 0 spiro atoms. The minimum atomic E-state index is -0.907. The van der Waals surface area contributed by atoms with Gasteiger partial charge in [0.2, 0.25) is 0 Å². The van der Waals surface area contributed by atoms with E-state index in [0.29, 0.717) is 52.9 Å². The predicted molar refractivity (Wildman–Crippen MR) is 163 cm³/mol. The minimum absolute atomic E-state index is 0.00637. The molecular weight excluding hydrogens is 552 g/mol. The van der Waals surface area contributed by atoms with Crippen molar-refractivity contribution in [1.82, 2.24) is 4.98 Å². The number of benzene rings is 3. The Morgan fingerprint density at radius 3 is 2.71 bits per heavy atom. The second-order valence-electron chi connectivity index (χ2n) is 10.5. The van der Waals surface area contributed by atoms with Crippen molar-refractivity contribution in [3.63, 3.8) is 0 Å². The molecule has 2 aliphatic rings. The number of aliphatic hydroxyl groups excluding tert-OH is 1. The third-order valence-electron chi connectivity index (χ3n) is 7.42. The molecule has 1 N–H and O–H groups in total. The van der Waals surface area contributed by atoms with Crippen molar-refractivity contribution in [3.05, 3.63) is 82.9 Å². The van der Waals surface area contributed by atoms with Gasteiger partial charge in [-0.3, -0.25) is 14.5 Å². The summed E-state index contributed by atoms with van der Waals surface area (Å²) in [6.07, 6.45) is 2.62. The van der Waals surface area contributed by atoms with Crippen LogP contribution in [0, 0.1) is 0 Å². The van der Waals surface area contributed by atoms with Gasteiger partial charge in [0.05, 0.1) is 35.0 Å². The van der Waals surface area contributed by atoms with Crippen molar-refractivity contribution in [2.24, 2.45) is 0 Å². The Balaban J connectivity index is 1.48. The topological polar surface area (TPSA) is 98.2 Å². The number of aromatic nitrogens is 1. The lowest BCUT2D eigenvalue weighted by molar-refractivity contribution is -0.132. The molecule has 1 saturated heterocycles. The van der Waals surface area contributed by atoms with Crippen LogP contribution < -0.4 is 19.1 Å². The maximum atomic E-state index is 13.7. The molecule has 1 amide bonds. The average Bonchev–Trinajstić information content (AvgIpc) is 3.65. The van der Waals surface area contributed by atoms with Gasteiger partial charge < -0.3 is 19.3 Å². The van der Waals surface area contributed by atoms with E-state index in [1.807, 2.05) is 62.4 Å². The van der Waals surface area contributed by atoms with Crippen LogP contribution in [0.4, 0.5) is 5.13 Å². The molecule has 0 radical (unpaired) electrons. The number of rotatable bonds is 9. The number of thiazole rings is 1. The first-order valence-corrected chi connectivity index (χ1v) is 15.1. The standard InChI is InChI=1S/C33H32N2O6S/c1-4-6-14-40-23-9-7-8-20(17-23)29-28(30(36)21-10-13-26-22(16-21)15-19(3)41-26)31(37)32(38)35(29)33-34-25-12-11-24(39-5-2)18-27(25)42-33/h7-13,16-19,29,36H,4-6,14-15H2,1-3H3/b30-28+/t19-,29+/m0/s1. The number of ether oxygens (including phenoxy) is 3. The van der Waals surface area contributed by atoms with E-state index in [0.717, 1.165) is 28.9 Å². The summed E-state index contributed by atoms with van der Waals surface area (Å²) in [6.45, 7) is 7.06. The third kappa shape index (κ3) is 5.09. The van der Waals surface area contributed by atoms with Gasteiger partial charge in [-0.05, 0) is 79.9 Å². The number of hydrogen-bond acceptors (Lipinski definition) is 8. The van der Waals surface area contributed by atoms with Crippen LogP contribution in [-0.4, -0.2) is 41.1 Å². The molecule has 4 aromatic rings. The summed E-state index contributed by atoms with van der Waals surface area (Å²) in [5.41, 5.74) is 2.72. The summed E-state index contributed by atoms with van der Waals surface area (Å²) in [6, 6.07) is 17.3. The summed E-state index contributed by atoms with van der Waals surface area (Å²) in [5, 5.41) is 12.0. The largest absolute Gasteiger partial charge is 0.507 e. The van der Waals surface area contributed by atoms with Crippen LogP contribution in [0.3, 0.4) is 0 Å². The van der Waals surface area contributed by atoms with E-state index < -0.39 is 17.7 Å². The molecule has 3 heterocycles. The number of hydrogen-bond donors (Lipinski definition) is 1. The SMILES string of the molecule is CCCCOc1cccc([C@@H]2/C(=C(\O)c3ccc4c(c3)C[C@H](C)O4)C(=O)C(=O)N2c2nc3ccc(OCC)cc3s2)c1. The summed E-state index contributed by atoms with van der Waals surface area (Å²) >= 11 is 1.30. The first kappa shape index (κ1) is 27.8. The number of ketones is 1. The smallest absolute Gasteiger partial charge is 0.301 e. The van der Waals surface area contributed by atoms with Crippen molar-refractivity contribution in [2.75, 3.05) is 18.1 Å². The van der Waals surface area contributed by atoms with Gasteiger partial charge in [0.1, 0.15) is 29.1 Å². The highest BCUT2D eigenvalue weighted by Gasteiger charge is 2.48. The van der Waals surface area contributed by atoms with Crippen molar-refractivity contribution in [1.29, 1.82) is 0 Å². The van der Waals surface area contributed by atoms with E-state index in [9.17, 15) is 14.7 Å². The molecule has 216 valence electrons. The number of aliphatic hydroxyl groups is 1. The fourth-order valence-electron chi connectivity index (χ4n) is 5.43. The van der Waals surface area contributed by atoms with Gasteiger partial charge in [0, 0.05) is 12.0 Å². The quantitative estimate of drug-likeness (QED) is 0.0997. The molecule has 9 heteroatoms. The van der Waals surface area contributed by atoms with Crippen molar-refractivity contribution in [3.8, 4) is 17.2 Å². The zero-order valence-corrected chi connectivity index (χ0v) is 24.6. The van der Waals surface area contributed by atoms with Gasteiger partial charge in [-0.25, -0.2) is 4.98 Å². The normalized spacial score (nSPS) is 19.3. The second kappa shape index (κ2) is 11.5. The highest BCUT2D eigenvalue weighted by molar-refractivity contribution is 7.22. The van der Waals surface area contributed by atoms with E-state index in [-0.39, 0.29) is 17.4 Å². The Labute approximate surface area is 248 Å². The number of Topliss-reactive ketones (excluding diaryl/α,β-unsaturated/α-hetero) is 1. The van der Waals surface area contributed by atoms with Crippen molar-refractivity contribution < 1.29 is 28.9 Å². The maximum Gasteiger partial charge on any atom is 0.301 e. The Morgan fingerprint density at radius 1 is 1.07 bits per heavy atom. The van der Waals surface area contributed by atoms with Crippen LogP contribution in [0.2, 0.25) is 0 Å². The Kier molecular flexibility index (Phi) is 7.60. The van der Waals surface area contributed by atoms with E-state index >= 15 is 0 Å². The molecule has 3 aromatic carbocycles. The number of anilines is 1. The minimum Gasteiger partial charge on any atom is -0.507 e. The molecular formula is C33H32N2O6S. The van der Waals surface area contributed by atoms with Gasteiger partial charge in [-0.1, -0.05) is 36.8 Å². The number of carbonyl (C=O) groups excluding carboxylic acids is 2. The molecule has 42 heavy (non-hydrogen) atoms. The number of amides is 1. The number of fused-ring (bicyclic) bond motifs is 2. The van der Waals surface area contributed by atoms with Gasteiger partial charge in [0.25, 0.3) is 5.78 Å². The maximum absolute atomic E-state index is 13.7. The van der Waals surface area contributed by atoms with Gasteiger partial charge >= 0.3 is 5.91 Å². The predicted octanol–water partition coefficient (Wildman–Crippen LogP) is 6.82. The Bertz CT molecular complexity index is 1710. The van der Waals surface area contributed by atoms with Crippen LogP contribution in [0.25, 0.3) is 16.0 Å². The lowest BCUT2D eigenvalue weighted by Gasteiger charge is -2.23. The second-order valence-corrected chi connectivity index (χ2v) is 11.5. The van der Waals surface area contributed by atoms with Crippen LogP contribution in [0.15, 0.2) is 66.2 Å². The van der Waals surface area contributed by atoms with Crippen LogP contribution in [-0.2, 0) is 16.0 Å². The van der Waals surface area contributed by atoms with Crippen molar-refractivity contribution in [2.45, 2.75) is 52.2 Å². The molecule has 8 nitrogen and oxygen atoms in total. The monoisotopic (exact) mass is 584 g/mol. The van der Waals surface area contributed by atoms with E-state index in [2.05, 4.69) is 6.92 Å². The molecule has 0 saturated carbocycles. The molecule has 2 atom stereocenters. The lowest BCUT2D eigenvalue weighted by atomic mass is 9.94. The summed E-state index contributed by atoms with van der Waals surface area (Å²) in [4.78, 5) is 33.6. The molecule has 6 rings (SSSR count). The number of carbonyl (C=O) groups is 2. The molecule has 0 aliphatic carbocycles. The fourth-order valence-corrected chi connectivity index (χ4v) is 6.45. The molecule has 1 fully saturated rings. The Hall–Kier alpha value is -4.37. The summed E-state index contributed by atoms with van der Waals surface area (Å²) in [5.74, 6) is 0.330. The van der Waals surface area contributed by atoms with Crippen LogP contribution >= 0.6 is 11.3 Å². The van der Waals surface area contributed by atoms with Gasteiger partial charge in [-0.2, -0.15) is 0 Å². The zero-order valence-electron chi connectivity index (χ0n) is 23.8. The summed E-state index contributed by atoms with van der Waals surface area (Å²) in [7, 11) is 0. The zero-order chi connectivity index (χ0) is 29.4. The average molecular weight is 585 g/mol.